The molecule has 1 aromatic carbocycles. The predicted octanol–water partition coefficient (Wildman–Crippen LogP) is 3.96. The van der Waals surface area contributed by atoms with Gasteiger partial charge < -0.3 is 11.5 Å². The van der Waals surface area contributed by atoms with Gasteiger partial charge in [0.15, 0.2) is 0 Å². The molecule has 0 saturated carbocycles. The van der Waals surface area contributed by atoms with Gasteiger partial charge in [-0.25, -0.2) is 0 Å². The number of anilines is 1. The summed E-state index contributed by atoms with van der Waals surface area (Å²) in [6.07, 6.45) is -6.59. The van der Waals surface area contributed by atoms with Gasteiger partial charge in [0.25, 0.3) is 0 Å². The fraction of sp³-hybridized carbons (Fsp3) is 0.286. The highest BCUT2D eigenvalue weighted by molar-refractivity contribution is 5.49. The third kappa shape index (κ3) is 3.20. The zero-order valence-electron chi connectivity index (χ0n) is 11.0. The van der Waals surface area contributed by atoms with E-state index in [-0.39, 0.29) is 11.4 Å². The molecule has 2 unspecified atom stereocenters. The Labute approximate surface area is 122 Å². The first-order chi connectivity index (χ1) is 10.00. The number of nitrogens with two attached hydrogens (primary N) is 2. The van der Waals surface area contributed by atoms with Gasteiger partial charge in [0.2, 0.25) is 0 Å². The van der Waals surface area contributed by atoms with Crippen LogP contribution in [0, 0.1) is 5.92 Å². The predicted molar refractivity (Wildman–Crippen MR) is 69.6 cm³/mol. The summed E-state index contributed by atoms with van der Waals surface area (Å²) in [5.41, 5.74) is 8.70. The quantitative estimate of drug-likeness (QED) is 0.607. The van der Waals surface area contributed by atoms with Crippen LogP contribution >= 0.6 is 0 Å². The van der Waals surface area contributed by atoms with Gasteiger partial charge in [-0.05, 0) is 29.8 Å². The molecule has 0 spiro atoms. The molecule has 4 N–H and O–H groups in total. The van der Waals surface area contributed by atoms with Crippen molar-refractivity contribution in [3.8, 4) is 0 Å². The molecule has 0 amide bonds. The lowest BCUT2D eigenvalue weighted by molar-refractivity contribution is -0.165. The van der Waals surface area contributed by atoms with E-state index < -0.39 is 35.3 Å². The van der Waals surface area contributed by atoms with E-state index in [0.29, 0.717) is 6.07 Å². The van der Waals surface area contributed by atoms with Gasteiger partial charge >= 0.3 is 12.4 Å². The van der Waals surface area contributed by atoms with E-state index in [1.807, 2.05) is 0 Å². The third-order valence-corrected chi connectivity index (χ3v) is 3.37. The first-order valence-electron chi connectivity index (χ1n) is 6.19. The highest BCUT2D eigenvalue weighted by Crippen LogP contribution is 2.45. The normalized spacial score (nSPS) is 22.5. The molecular weight excluding hydrogens is 310 g/mol. The second kappa shape index (κ2) is 5.26. The zero-order chi connectivity index (χ0) is 16.7. The van der Waals surface area contributed by atoms with Crippen LogP contribution in [0.5, 0.6) is 0 Å². The Bertz CT molecular complexity index is 627. The smallest absolute Gasteiger partial charge is 0.399 e. The Morgan fingerprint density at radius 3 is 2.14 bits per heavy atom. The fourth-order valence-corrected chi connectivity index (χ4v) is 2.41. The second-order valence-electron chi connectivity index (χ2n) is 4.96. The third-order valence-electron chi connectivity index (χ3n) is 3.37. The lowest BCUT2D eigenvalue weighted by Crippen LogP contribution is -2.30. The minimum atomic E-state index is -4.80. The number of hydrogen-bond acceptors (Lipinski definition) is 2. The molecule has 0 fully saturated rings. The summed E-state index contributed by atoms with van der Waals surface area (Å²) < 4.78 is 78.6. The molecule has 0 bridgehead atoms. The highest BCUT2D eigenvalue weighted by atomic mass is 19.4. The fourth-order valence-electron chi connectivity index (χ4n) is 2.41. The lowest BCUT2D eigenvalue weighted by atomic mass is 9.79. The van der Waals surface area contributed by atoms with Crippen molar-refractivity contribution in [2.75, 3.05) is 5.73 Å². The summed E-state index contributed by atoms with van der Waals surface area (Å²) in [6, 6.07) is 2.76. The molecule has 0 heterocycles. The van der Waals surface area contributed by atoms with E-state index in [4.69, 9.17) is 11.5 Å². The van der Waals surface area contributed by atoms with Crippen molar-refractivity contribution in [3.63, 3.8) is 0 Å². The van der Waals surface area contributed by atoms with Crippen LogP contribution in [0.2, 0.25) is 0 Å². The van der Waals surface area contributed by atoms with Crippen molar-refractivity contribution in [1.29, 1.82) is 0 Å². The molecule has 1 aromatic rings. The second-order valence-corrected chi connectivity index (χ2v) is 4.96. The van der Waals surface area contributed by atoms with Crippen molar-refractivity contribution in [1.82, 2.24) is 0 Å². The van der Waals surface area contributed by atoms with E-state index in [1.54, 1.807) is 0 Å². The molecule has 0 aromatic heterocycles. The standard InChI is InChI=1S/C14H12F6N2/c15-13(16,17)11-5-7(21)1-3-9(11)10-4-2-8(22)6-12(10)14(18,19)20/h1-6,9,11H,21-22H2. The number of alkyl halides is 6. The first kappa shape index (κ1) is 16.3. The van der Waals surface area contributed by atoms with E-state index >= 15 is 0 Å². The van der Waals surface area contributed by atoms with Gasteiger partial charge in [0.05, 0.1) is 11.5 Å². The van der Waals surface area contributed by atoms with Crippen LogP contribution in [-0.2, 0) is 6.18 Å². The zero-order valence-corrected chi connectivity index (χ0v) is 11.0. The van der Waals surface area contributed by atoms with E-state index in [2.05, 4.69) is 0 Å². The first-order valence-corrected chi connectivity index (χ1v) is 6.19. The van der Waals surface area contributed by atoms with Crippen LogP contribution in [0.1, 0.15) is 17.0 Å². The van der Waals surface area contributed by atoms with Gasteiger partial charge in [0, 0.05) is 17.3 Å². The number of benzene rings is 1. The largest absolute Gasteiger partial charge is 0.416 e. The molecule has 2 nitrogen and oxygen atoms in total. The van der Waals surface area contributed by atoms with E-state index in [9.17, 15) is 26.3 Å². The van der Waals surface area contributed by atoms with Gasteiger partial charge in [-0.15, -0.1) is 0 Å². The Balaban J connectivity index is 2.58. The van der Waals surface area contributed by atoms with E-state index in [0.717, 1.165) is 24.3 Å². The lowest BCUT2D eigenvalue weighted by Gasteiger charge is -2.29. The van der Waals surface area contributed by atoms with Crippen molar-refractivity contribution >= 4 is 5.69 Å². The summed E-state index contributed by atoms with van der Waals surface area (Å²) in [6.45, 7) is 0. The van der Waals surface area contributed by atoms with Crippen molar-refractivity contribution in [2.24, 2.45) is 11.7 Å². The molecule has 2 rings (SSSR count). The maximum Gasteiger partial charge on any atom is 0.416 e. The molecule has 120 valence electrons. The van der Waals surface area contributed by atoms with Gasteiger partial charge in [0.1, 0.15) is 0 Å². The molecule has 0 saturated heterocycles. The van der Waals surface area contributed by atoms with Crippen LogP contribution in [0.15, 0.2) is 42.1 Å². The Morgan fingerprint density at radius 2 is 1.59 bits per heavy atom. The molecule has 0 aliphatic heterocycles. The number of hydrogen-bond donors (Lipinski definition) is 2. The highest BCUT2D eigenvalue weighted by Gasteiger charge is 2.46. The van der Waals surface area contributed by atoms with Crippen molar-refractivity contribution in [2.45, 2.75) is 18.3 Å². The maximum absolute atomic E-state index is 13.1. The molecular formula is C14H12F6N2. The Morgan fingerprint density at radius 1 is 0.955 bits per heavy atom. The topological polar surface area (TPSA) is 52.0 Å². The summed E-state index contributed by atoms with van der Waals surface area (Å²) in [4.78, 5) is 0. The van der Waals surface area contributed by atoms with Gasteiger partial charge in [-0.2, -0.15) is 26.3 Å². The van der Waals surface area contributed by atoms with Crippen LogP contribution in [0.25, 0.3) is 0 Å². The summed E-state index contributed by atoms with van der Waals surface area (Å²) >= 11 is 0. The number of allylic oxidation sites excluding steroid dienone is 3. The number of halogens is 6. The van der Waals surface area contributed by atoms with Crippen LogP contribution < -0.4 is 11.5 Å². The molecule has 0 radical (unpaired) electrons. The summed E-state index contributed by atoms with van der Waals surface area (Å²) in [5, 5.41) is 0. The number of rotatable bonds is 1. The average Bonchev–Trinajstić information content (AvgIpc) is 2.37. The number of nitrogen functional groups attached to an aromatic ring is 1. The molecule has 1 aliphatic carbocycles. The van der Waals surface area contributed by atoms with Crippen molar-refractivity contribution < 1.29 is 26.3 Å². The van der Waals surface area contributed by atoms with Crippen LogP contribution in [-0.4, -0.2) is 6.18 Å². The monoisotopic (exact) mass is 322 g/mol. The molecule has 8 heteroatoms. The maximum atomic E-state index is 13.1. The Hall–Kier alpha value is -2.12. The SMILES string of the molecule is NC1=CC(C(F)(F)F)C(c2ccc(N)cc2C(F)(F)F)C=C1. The minimum absolute atomic E-state index is 0.137. The Kier molecular flexibility index (Phi) is 3.88. The van der Waals surface area contributed by atoms with Gasteiger partial charge in [-0.1, -0.05) is 12.1 Å². The van der Waals surface area contributed by atoms with E-state index in [1.165, 1.54) is 6.08 Å². The van der Waals surface area contributed by atoms with Gasteiger partial charge in [-0.3, -0.25) is 0 Å². The molecule has 22 heavy (non-hydrogen) atoms. The molecule has 1 aliphatic rings. The minimum Gasteiger partial charge on any atom is -0.399 e. The average molecular weight is 322 g/mol. The summed E-state index contributed by atoms with van der Waals surface area (Å²) in [7, 11) is 0. The van der Waals surface area contributed by atoms with Crippen LogP contribution in [0.4, 0.5) is 32.0 Å². The molecule has 2 atom stereocenters. The summed E-state index contributed by atoms with van der Waals surface area (Å²) in [5.74, 6) is -3.63. The van der Waals surface area contributed by atoms with Crippen LogP contribution in [0.3, 0.4) is 0 Å². The van der Waals surface area contributed by atoms with Crippen molar-refractivity contribution in [3.05, 3.63) is 53.3 Å².